The average Bonchev–Trinajstić information content (AvgIpc) is 2.92. The average molecular weight is 361 g/mol. The fourth-order valence-electron chi connectivity index (χ4n) is 2.65. The molecule has 1 aliphatic rings. The fraction of sp³-hybridized carbons (Fsp3) is 0.571. The second-order valence-corrected chi connectivity index (χ2v) is 7.90. The number of hydrogen-bond acceptors (Lipinski definition) is 3. The van der Waals surface area contributed by atoms with E-state index in [-0.39, 0.29) is 4.90 Å². The van der Waals surface area contributed by atoms with Crippen LogP contribution in [0.2, 0.25) is 0 Å². The van der Waals surface area contributed by atoms with E-state index in [9.17, 15) is 8.42 Å². The normalized spacial score (nSPS) is 16.7. The largest absolute Gasteiger partial charge is 0.326 e. The van der Waals surface area contributed by atoms with Crippen molar-refractivity contribution >= 4 is 26.0 Å². The zero-order chi connectivity index (χ0) is 14.6. The van der Waals surface area contributed by atoms with E-state index in [2.05, 4.69) is 20.7 Å². The summed E-state index contributed by atoms with van der Waals surface area (Å²) < 4.78 is 27.9. The lowest BCUT2D eigenvalue weighted by Crippen LogP contribution is -2.26. The maximum atomic E-state index is 12.3. The van der Waals surface area contributed by atoms with Gasteiger partial charge in [0, 0.05) is 17.6 Å². The van der Waals surface area contributed by atoms with Gasteiger partial charge < -0.3 is 5.73 Å². The third kappa shape index (κ3) is 4.04. The van der Waals surface area contributed by atoms with Crippen molar-refractivity contribution in [3.05, 3.63) is 28.2 Å². The lowest BCUT2D eigenvalue weighted by atomic mass is 10.1. The molecule has 0 spiro atoms. The molecular formula is C14H21BrN2O2S. The Morgan fingerprint density at radius 2 is 2.00 bits per heavy atom. The molecule has 1 aromatic rings. The van der Waals surface area contributed by atoms with Crippen molar-refractivity contribution in [2.24, 2.45) is 11.7 Å². The SMILES string of the molecule is NCc1ccc(Br)c(S(=O)(=O)NCCC2CCCC2)c1. The molecule has 4 nitrogen and oxygen atoms in total. The van der Waals surface area contributed by atoms with Gasteiger partial charge >= 0.3 is 0 Å². The van der Waals surface area contributed by atoms with E-state index in [1.807, 2.05) is 6.07 Å². The van der Waals surface area contributed by atoms with Crippen molar-refractivity contribution in [2.45, 2.75) is 43.5 Å². The van der Waals surface area contributed by atoms with Gasteiger partial charge in [0.1, 0.15) is 0 Å². The van der Waals surface area contributed by atoms with Crippen LogP contribution in [0.1, 0.15) is 37.7 Å². The standard InChI is InChI=1S/C14H21BrN2O2S/c15-13-6-5-12(10-16)9-14(13)20(18,19)17-8-7-11-3-1-2-4-11/h5-6,9,11,17H,1-4,7-8,10,16H2. The third-order valence-corrected chi connectivity index (χ3v) is 6.30. The minimum absolute atomic E-state index is 0.270. The summed E-state index contributed by atoms with van der Waals surface area (Å²) in [6, 6.07) is 5.18. The van der Waals surface area contributed by atoms with Crippen molar-refractivity contribution in [3.63, 3.8) is 0 Å². The summed E-state index contributed by atoms with van der Waals surface area (Å²) in [6.07, 6.45) is 5.94. The van der Waals surface area contributed by atoms with E-state index in [0.717, 1.165) is 12.0 Å². The Morgan fingerprint density at radius 1 is 1.30 bits per heavy atom. The van der Waals surface area contributed by atoms with Gasteiger partial charge in [0.2, 0.25) is 10.0 Å². The first kappa shape index (κ1) is 15.9. The number of rotatable bonds is 6. The highest BCUT2D eigenvalue weighted by Gasteiger charge is 2.19. The Labute approximate surface area is 129 Å². The number of sulfonamides is 1. The minimum Gasteiger partial charge on any atom is -0.326 e. The molecule has 0 heterocycles. The summed E-state index contributed by atoms with van der Waals surface area (Å²) in [4.78, 5) is 0.270. The van der Waals surface area contributed by atoms with Gasteiger partial charge in [0.15, 0.2) is 0 Å². The molecule has 1 saturated carbocycles. The van der Waals surface area contributed by atoms with E-state index < -0.39 is 10.0 Å². The van der Waals surface area contributed by atoms with Gasteiger partial charge in [-0.3, -0.25) is 0 Å². The highest BCUT2D eigenvalue weighted by Crippen LogP contribution is 2.27. The third-order valence-electron chi connectivity index (χ3n) is 3.84. The second kappa shape index (κ2) is 7.02. The smallest absolute Gasteiger partial charge is 0.241 e. The Balaban J connectivity index is 2.01. The summed E-state index contributed by atoms with van der Waals surface area (Å²) in [5.41, 5.74) is 6.37. The molecule has 3 N–H and O–H groups in total. The number of nitrogens with two attached hydrogens (primary N) is 1. The zero-order valence-corrected chi connectivity index (χ0v) is 13.8. The lowest BCUT2D eigenvalue weighted by Gasteiger charge is -2.12. The molecule has 0 radical (unpaired) electrons. The van der Waals surface area contributed by atoms with Gasteiger partial charge in [0.25, 0.3) is 0 Å². The molecule has 2 rings (SSSR count). The molecule has 0 saturated heterocycles. The van der Waals surface area contributed by atoms with Gasteiger partial charge in [-0.05, 0) is 46.0 Å². The van der Waals surface area contributed by atoms with Crippen molar-refractivity contribution in [3.8, 4) is 0 Å². The summed E-state index contributed by atoms with van der Waals surface area (Å²) in [6.45, 7) is 0.837. The molecule has 0 aromatic heterocycles. The van der Waals surface area contributed by atoms with Gasteiger partial charge in [-0.25, -0.2) is 13.1 Å². The van der Waals surface area contributed by atoms with Crippen molar-refractivity contribution in [1.29, 1.82) is 0 Å². The van der Waals surface area contributed by atoms with Crippen LogP contribution >= 0.6 is 15.9 Å². The topological polar surface area (TPSA) is 72.2 Å². The van der Waals surface area contributed by atoms with Crippen molar-refractivity contribution < 1.29 is 8.42 Å². The lowest BCUT2D eigenvalue weighted by molar-refractivity contribution is 0.495. The Morgan fingerprint density at radius 3 is 2.65 bits per heavy atom. The maximum Gasteiger partial charge on any atom is 0.241 e. The minimum atomic E-state index is -3.47. The number of halogens is 1. The molecule has 0 amide bonds. The van der Waals surface area contributed by atoms with E-state index in [4.69, 9.17) is 5.73 Å². The molecule has 1 aromatic carbocycles. The fourth-order valence-corrected chi connectivity index (χ4v) is 4.71. The summed E-state index contributed by atoms with van der Waals surface area (Å²) >= 11 is 3.29. The number of hydrogen-bond donors (Lipinski definition) is 2. The van der Waals surface area contributed by atoms with Crippen molar-refractivity contribution in [2.75, 3.05) is 6.54 Å². The molecule has 0 unspecified atom stereocenters. The number of benzene rings is 1. The van der Waals surface area contributed by atoms with Gasteiger partial charge in [-0.1, -0.05) is 31.7 Å². The van der Waals surface area contributed by atoms with Crippen molar-refractivity contribution in [1.82, 2.24) is 4.72 Å². The quantitative estimate of drug-likeness (QED) is 0.818. The Kier molecular flexibility index (Phi) is 5.60. The molecule has 1 fully saturated rings. The van der Waals surface area contributed by atoms with Gasteiger partial charge in [0.05, 0.1) is 4.90 Å². The molecule has 1 aliphatic carbocycles. The van der Waals surface area contributed by atoms with Crippen LogP contribution in [0.4, 0.5) is 0 Å². The maximum absolute atomic E-state index is 12.3. The van der Waals surface area contributed by atoms with Gasteiger partial charge in [-0.15, -0.1) is 0 Å². The molecular weight excluding hydrogens is 340 g/mol. The monoisotopic (exact) mass is 360 g/mol. The molecule has 0 atom stereocenters. The first-order valence-electron chi connectivity index (χ1n) is 7.01. The van der Waals surface area contributed by atoms with E-state index in [1.54, 1.807) is 12.1 Å². The van der Waals surface area contributed by atoms with E-state index in [1.165, 1.54) is 25.7 Å². The first-order chi connectivity index (χ1) is 9.53. The summed E-state index contributed by atoms with van der Waals surface area (Å²) in [5.74, 6) is 0.677. The highest BCUT2D eigenvalue weighted by atomic mass is 79.9. The molecule has 6 heteroatoms. The van der Waals surface area contributed by atoms with E-state index >= 15 is 0 Å². The van der Waals surface area contributed by atoms with Crippen LogP contribution in [0.5, 0.6) is 0 Å². The zero-order valence-electron chi connectivity index (χ0n) is 11.4. The first-order valence-corrected chi connectivity index (χ1v) is 9.28. The summed E-state index contributed by atoms with van der Waals surface area (Å²) in [7, 11) is -3.47. The van der Waals surface area contributed by atoms with Crippen LogP contribution in [-0.4, -0.2) is 15.0 Å². The Bertz CT molecular complexity index is 554. The van der Waals surface area contributed by atoms with Crippen LogP contribution in [-0.2, 0) is 16.6 Å². The predicted molar refractivity (Wildman–Crippen MR) is 83.8 cm³/mol. The highest BCUT2D eigenvalue weighted by molar-refractivity contribution is 9.10. The second-order valence-electron chi connectivity index (χ2n) is 5.31. The van der Waals surface area contributed by atoms with E-state index in [0.29, 0.717) is 23.5 Å². The number of nitrogens with one attached hydrogen (secondary N) is 1. The van der Waals surface area contributed by atoms with Crippen LogP contribution in [0.3, 0.4) is 0 Å². The Hall–Kier alpha value is -0.430. The molecule has 0 aliphatic heterocycles. The predicted octanol–water partition coefficient (Wildman–Crippen LogP) is 2.77. The van der Waals surface area contributed by atoms with Crippen LogP contribution < -0.4 is 10.5 Å². The van der Waals surface area contributed by atoms with Gasteiger partial charge in [-0.2, -0.15) is 0 Å². The van der Waals surface area contributed by atoms with Crippen LogP contribution in [0.25, 0.3) is 0 Å². The van der Waals surface area contributed by atoms with Crippen LogP contribution in [0.15, 0.2) is 27.6 Å². The summed E-state index contributed by atoms with van der Waals surface area (Å²) in [5, 5.41) is 0. The molecule has 20 heavy (non-hydrogen) atoms. The molecule has 112 valence electrons. The van der Waals surface area contributed by atoms with Crippen LogP contribution in [0, 0.1) is 5.92 Å². The molecule has 0 bridgehead atoms.